The van der Waals surface area contributed by atoms with Crippen LogP contribution in [0.4, 0.5) is 0 Å². The Morgan fingerprint density at radius 2 is 1.80 bits per heavy atom. The van der Waals surface area contributed by atoms with Gasteiger partial charge >= 0.3 is 0 Å². The van der Waals surface area contributed by atoms with Crippen LogP contribution in [-0.4, -0.2) is 38.2 Å². The Morgan fingerprint density at radius 3 is 2.60 bits per heavy atom. The summed E-state index contributed by atoms with van der Waals surface area (Å²) in [5.41, 5.74) is 7.87. The van der Waals surface area contributed by atoms with Crippen LogP contribution >= 0.6 is 0 Å². The smallest absolute Gasteiger partial charge is 0.251 e. The number of piperidine rings is 1. The summed E-state index contributed by atoms with van der Waals surface area (Å²) in [5, 5.41) is 9.84. The third kappa shape index (κ3) is 4.26. The summed E-state index contributed by atoms with van der Waals surface area (Å²) in [4.78, 5) is 23.2. The van der Waals surface area contributed by atoms with Gasteiger partial charge in [0.25, 0.3) is 5.56 Å². The molecule has 6 nitrogen and oxygen atoms in total. The lowest BCUT2D eigenvalue weighted by molar-refractivity contribution is 0.199. The Labute approximate surface area is 204 Å². The molecule has 1 aliphatic heterocycles. The minimum absolute atomic E-state index is 0.0172. The van der Waals surface area contributed by atoms with Crippen molar-refractivity contribution < 1.29 is 0 Å². The Bertz CT molecular complexity index is 1560. The molecule has 0 saturated carbocycles. The first-order valence-corrected chi connectivity index (χ1v) is 12.3. The molecule has 2 N–H and O–H groups in total. The molecule has 5 aromatic rings. The third-order valence-electron chi connectivity index (χ3n) is 7.10. The van der Waals surface area contributed by atoms with Gasteiger partial charge in [-0.25, -0.2) is 0 Å². The number of nitrogens with zero attached hydrogens (tertiary/aromatic N) is 3. The van der Waals surface area contributed by atoms with Gasteiger partial charge in [0.05, 0.1) is 11.0 Å². The van der Waals surface area contributed by atoms with Crippen molar-refractivity contribution >= 4 is 21.8 Å². The molecule has 6 rings (SSSR count). The highest BCUT2D eigenvalue weighted by Crippen LogP contribution is 2.32. The minimum atomic E-state index is 0.0172. The number of hydrogen-bond acceptors (Lipinski definition) is 4. The van der Waals surface area contributed by atoms with Crippen LogP contribution in [0.2, 0.25) is 0 Å². The minimum Gasteiger partial charge on any atom is -0.322 e. The number of aromatic amines is 2. The fourth-order valence-corrected chi connectivity index (χ4v) is 5.53. The summed E-state index contributed by atoms with van der Waals surface area (Å²) in [7, 11) is 0. The number of likely N-dealkylation sites (tertiary alicyclic amines) is 1. The van der Waals surface area contributed by atoms with Gasteiger partial charge in [-0.3, -0.25) is 19.8 Å². The van der Waals surface area contributed by atoms with Crippen LogP contribution in [0.1, 0.15) is 41.3 Å². The lowest BCUT2D eigenvalue weighted by Gasteiger charge is -2.32. The first kappa shape index (κ1) is 21.7. The van der Waals surface area contributed by atoms with Crippen molar-refractivity contribution in [3.8, 4) is 11.3 Å². The molecule has 1 fully saturated rings. The Kier molecular flexibility index (Phi) is 5.46. The van der Waals surface area contributed by atoms with E-state index in [1.807, 2.05) is 19.9 Å². The van der Waals surface area contributed by atoms with Gasteiger partial charge in [-0.15, -0.1) is 0 Å². The Morgan fingerprint density at radius 1 is 1.00 bits per heavy atom. The predicted molar refractivity (Wildman–Crippen MR) is 141 cm³/mol. The van der Waals surface area contributed by atoms with Crippen molar-refractivity contribution in [2.24, 2.45) is 0 Å². The van der Waals surface area contributed by atoms with Gasteiger partial charge in [0.2, 0.25) is 0 Å². The monoisotopic (exact) mass is 463 g/mol. The fourth-order valence-electron chi connectivity index (χ4n) is 5.53. The average molecular weight is 464 g/mol. The number of hydrogen-bond donors (Lipinski definition) is 2. The molecule has 1 saturated heterocycles. The second kappa shape index (κ2) is 8.78. The highest BCUT2D eigenvalue weighted by atomic mass is 16.1. The summed E-state index contributed by atoms with van der Waals surface area (Å²) in [6.45, 7) is 6.90. The zero-order valence-electron chi connectivity index (χ0n) is 20.1. The SMILES string of the molecule is Cc1cc(-c2n[nH]c3cc4[nH]c(=O)c(C5CCCN(Cc6ccccc6)C5)cc4cc23)cc(C)n1. The molecule has 1 atom stereocenters. The largest absolute Gasteiger partial charge is 0.322 e. The molecule has 2 aromatic carbocycles. The van der Waals surface area contributed by atoms with E-state index in [2.05, 4.69) is 79.7 Å². The number of rotatable bonds is 4. The molecule has 6 heteroatoms. The van der Waals surface area contributed by atoms with Crippen molar-refractivity contribution in [1.82, 2.24) is 25.1 Å². The Hall–Kier alpha value is -3.77. The molecule has 3 aromatic heterocycles. The molecule has 0 spiro atoms. The lowest BCUT2D eigenvalue weighted by Crippen LogP contribution is -2.35. The Balaban J connectivity index is 1.36. The maximum Gasteiger partial charge on any atom is 0.251 e. The van der Waals surface area contributed by atoms with Gasteiger partial charge in [-0.05, 0) is 74.5 Å². The fraction of sp³-hybridized carbons (Fsp3) is 0.276. The summed E-state index contributed by atoms with van der Waals surface area (Å²) < 4.78 is 0. The van der Waals surface area contributed by atoms with E-state index in [0.717, 1.165) is 82.5 Å². The van der Waals surface area contributed by atoms with Crippen molar-refractivity contribution in [3.05, 3.63) is 93.5 Å². The predicted octanol–water partition coefficient (Wildman–Crippen LogP) is 5.46. The van der Waals surface area contributed by atoms with Crippen LogP contribution < -0.4 is 5.56 Å². The van der Waals surface area contributed by atoms with Crippen LogP contribution in [0.5, 0.6) is 0 Å². The summed E-state index contributed by atoms with van der Waals surface area (Å²) in [6, 6.07) is 20.9. The highest BCUT2D eigenvalue weighted by molar-refractivity contribution is 6.01. The van der Waals surface area contributed by atoms with Gasteiger partial charge in [-0.1, -0.05) is 30.3 Å². The molecule has 0 amide bonds. The topological polar surface area (TPSA) is 77.7 Å². The zero-order valence-corrected chi connectivity index (χ0v) is 20.1. The zero-order chi connectivity index (χ0) is 23.9. The summed E-state index contributed by atoms with van der Waals surface area (Å²) in [5.74, 6) is 0.227. The van der Waals surface area contributed by atoms with E-state index < -0.39 is 0 Å². The number of aromatic nitrogens is 4. The van der Waals surface area contributed by atoms with Gasteiger partial charge in [0.15, 0.2) is 0 Å². The third-order valence-corrected chi connectivity index (χ3v) is 7.10. The highest BCUT2D eigenvalue weighted by Gasteiger charge is 2.24. The van der Waals surface area contributed by atoms with Crippen molar-refractivity contribution in [2.45, 2.75) is 39.2 Å². The number of H-pyrrole nitrogens is 2. The average Bonchev–Trinajstić information content (AvgIpc) is 3.25. The van der Waals surface area contributed by atoms with E-state index >= 15 is 0 Å². The van der Waals surface area contributed by atoms with Crippen molar-refractivity contribution in [3.63, 3.8) is 0 Å². The van der Waals surface area contributed by atoms with Gasteiger partial charge < -0.3 is 4.98 Å². The van der Waals surface area contributed by atoms with E-state index in [1.165, 1.54) is 5.56 Å². The molecule has 0 radical (unpaired) electrons. The maximum absolute atomic E-state index is 13.1. The number of aryl methyl sites for hydroxylation is 2. The summed E-state index contributed by atoms with van der Waals surface area (Å²) >= 11 is 0. The van der Waals surface area contributed by atoms with Crippen molar-refractivity contribution in [2.75, 3.05) is 13.1 Å². The molecule has 0 aliphatic carbocycles. The molecule has 4 heterocycles. The van der Waals surface area contributed by atoms with Gasteiger partial charge in [-0.2, -0.15) is 5.10 Å². The van der Waals surface area contributed by atoms with E-state index in [4.69, 9.17) is 0 Å². The van der Waals surface area contributed by atoms with Crippen LogP contribution in [0.3, 0.4) is 0 Å². The van der Waals surface area contributed by atoms with E-state index in [0.29, 0.717) is 0 Å². The van der Waals surface area contributed by atoms with E-state index in [1.54, 1.807) is 0 Å². The first-order valence-electron chi connectivity index (χ1n) is 12.3. The van der Waals surface area contributed by atoms with Crippen LogP contribution in [-0.2, 0) is 6.54 Å². The lowest BCUT2D eigenvalue weighted by atomic mass is 9.90. The number of pyridine rings is 2. The second-order valence-corrected chi connectivity index (χ2v) is 9.81. The van der Waals surface area contributed by atoms with Crippen LogP contribution in [0.15, 0.2) is 65.5 Å². The molecule has 35 heavy (non-hydrogen) atoms. The number of fused-ring (bicyclic) bond motifs is 2. The molecule has 1 aliphatic rings. The first-order chi connectivity index (χ1) is 17.0. The van der Waals surface area contributed by atoms with E-state index in [-0.39, 0.29) is 11.5 Å². The molecular weight excluding hydrogens is 434 g/mol. The molecular formula is C29H29N5O. The molecule has 1 unspecified atom stereocenters. The molecule has 0 bridgehead atoms. The standard InChI is InChI=1S/C29H29N5O/c1-18-11-23(12-19(2)30-18)28-25-14-22-13-24(29(35)31-26(22)15-27(25)32-33-28)21-9-6-10-34(17-21)16-20-7-4-3-5-8-20/h3-5,7-8,11-15,21H,6,9-10,16-17H2,1-2H3,(H,31,35)(H,32,33). The number of benzene rings is 2. The van der Waals surface area contributed by atoms with Crippen LogP contribution in [0, 0.1) is 13.8 Å². The van der Waals surface area contributed by atoms with E-state index in [9.17, 15) is 4.79 Å². The van der Waals surface area contributed by atoms with Gasteiger partial charge in [0.1, 0.15) is 5.69 Å². The normalized spacial score (nSPS) is 16.8. The maximum atomic E-state index is 13.1. The van der Waals surface area contributed by atoms with Crippen molar-refractivity contribution in [1.29, 1.82) is 0 Å². The quantitative estimate of drug-likeness (QED) is 0.371. The van der Waals surface area contributed by atoms with Crippen LogP contribution in [0.25, 0.3) is 33.1 Å². The second-order valence-electron chi connectivity index (χ2n) is 9.81. The molecule has 176 valence electrons. The van der Waals surface area contributed by atoms with Gasteiger partial charge in [0, 0.05) is 46.9 Å². The number of nitrogens with one attached hydrogen (secondary N) is 2. The summed E-state index contributed by atoms with van der Waals surface area (Å²) in [6.07, 6.45) is 2.13.